The maximum absolute atomic E-state index is 11.9. The highest BCUT2D eigenvalue weighted by Crippen LogP contribution is 2.28. The van der Waals surface area contributed by atoms with Gasteiger partial charge in [0.05, 0.1) is 11.0 Å². The average molecular weight is 319 g/mol. The van der Waals surface area contributed by atoms with Crippen LogP contribution in [0.25, 0.3) is 0 Å². The first kappa shape index (κ1) is 18.4. The lowest BCUT2D eigenvalue weighted by Gasteiger charge is -2.27. The summed E-state index contributed by atoms with van der Waals surface area (Å²) in [6, 6.07) is 6.69. The maximum atomic E-state index is 11.9. The minimum atomic E-state index is -1.02. The van der Waals surface area contributed by atoms with Crippen molar-refractivity contribution in [3.05, 3.63) is 33.9 Å². The number of rotatable bonds is 7. The number of hydrogen-bond donors (Lipinski definition) is 1. The summed E-state index contributed by atoms with van der Waals surface area (Å²) >= 11 is 0. The summed E-state index contributed by atoms with van der Waals surface area (Å²) in [5, 5.41) is 22.8. The molecule has 0 saturated heterocycles. The Kier molecular flexibility index (Phi) is 6.08. The highest BCUT2D eigenvalue weighted by atomic mass is 16.6. The van der Waals surface area contributed by atoms with Gasteiger partial charge in [-0.2, -0.15) is 5.26 Å². The maximum Gasteiger partial charge on any atom is 0.311 e. The van der Waals surface area contributed by atoms with E-state index in [1.807, 2.05) is 20.8 Å². The minimum Gasteiger partial charge on any atom is -0.477 e. The predicted molar refractivity (Wildman–Crippen MR) is 85.0 cm³/mol. The molecule has 0 spiro atoms. The smallest absolute Gasteiger partial charge is 0.311 e. The van der Waals surface area contributed by atoms with E-state index in [0.29, 0.717) is 6.42 Å². The van der Waals surface area contributed by atoms with Crippen LogP contribution in [0, 0.1) is 27.4 Å². The molecule has 0 radical (unpaired) electrons. The molecule has 1 atom stereocenters. The van der Waals surface area contributed by atoms with Crippen LogP contribution in [-0.2, 0) is 11.2 Å². The second-order valence-corrected chi connectivity index (χ2v) is 5.72. The van der Waals surface area contributed by atoms with E-state index in [4.69, 9.17) is 10.00 Å². The third-order valence-corrected chi connectivity index (χ3v) is 3.77. The number of nitro groups is 1. The first-order chi connectivity index (χ1) is 10.7. The third-order valence-electron chi connectivity index (χ3n) is 3.77. The standard InChI is InChI=1S/C16H21N3O4/c1-5-12-6-7-14(13(8-12)19(21)22)23-9-15(20)18-16(4,10-17)11(2)3/h6-8,11H,5,9H2,1-4H3,(H,18,20). The van der Waals surface area contributed by atoms with Crippen molar-refractivity contribution in [3.8, 4) is 11.8 Å². The van der Waals surface area contributed by atoms with Gasteiger partial charge in [0.2, 0.25) is 0 Å². The summed E-state index contributed by atoms with van der Waals surface area (Å²) in [4.78, 5) is 22.5. The van der Waals surface area contributed by atoms with Crippen LogP contribution in [0.5, 0.6) is 5.75 Å². The van der Waals surface area contributed by atoms with E-state index in [0.717, 1.165) is 5.56 Å². The summed E-state index contributed by atoms with van der Waals surface area (Å²) in [7, 11) is 0. The number of nitro benzene ring substituents is 1. The van der Waals surface area contributed by atoms with Crippen LogP contribution in [0.15, 0.2) is 18.2 Å². The number of ether oxygens (including phenoxy) is 1. The van der Waals surface area contributed by atoms with Crippen molar-refractivity contribution in [2.24, 2.45) is 5.92 Å². The number of nitrogens with zero attached hydrogens (tertiary/aromatic N) is 2. The Morgan fingerprint density at radius 3 is 2.65 bits per heavy atom. The van der Waals surface area contributed by atoms with E-state index in [2.05, 4.69) is 11.4 Å². The Labute approximate surface area is 135 Å². The van der Waals surface area contributed by atoms with Gasteiger partial charge in [-0.25, -0.2) is 0 Å². The van der Waals surface area contributed by atoms with Crippen molar-refractivity contribution in [2.75, 3.05) is 6.61 Å². The van der Waals surface area contributed by atoms with Gasteiger partial charge in [0.15, 0.2) is 12.4 Å². The van der Waals surface area contributed by atoms with E-state index in [9.17, 15) is 14.9 Å². The summed E-state index contributed by atoms with van der Waals surface area (Å²) in [5.74, 6) is -0.559. The van der Waals surface area contributed by atoms with Crippen molar-refractivity contribution >= 4 is 11.6 Å². The molecule has 0 saturated carbocycles. The second kappa shape index (κ2) is 7.58. The summed E-state index contributed by atoms with van der Waals surface area (Å²) in [6.07, 6.45) is 0.663. The summed E-state index contributed by atoms with van der Waals surface area (Å²) in [5.41, 5.74) is -0.382. The monoisotopic (exact) mass is 319 g/mol. The zero-order chi connectivity index (χ0) is 17.6. The molecule has 1 rings (SSSR count). The van der Waals surface area contributed by atoms with E-state index in [1.165, 1.54) is 12.1 Å². The van der Waals surface area contributed by atoms with E-state index < -0.39 is 23.0 Å². The van der Waals surface area contributed by atoms with Gasteiger partial charge < -0.3 is 10.1 Å². The van der Waals surface area contributed by atoms with Gasteiger partial charge in [-0.1, -0.05) is 26.8 Å². The Morgan fingerprint density at radius 1 is 1.52 bits per heavy atom. The molecule has 0 aliphatic carbocycles. The van der Waals surface area contributed by atoms with E-state index in [1.54, 1.807) is 13.0 Å². The normalized spacial score (nSPS) is 13.0. The van der Waals surface area contributed by atoms with Crippen LogP contribution in [-0.4, -0.2) is 23.0 Å². The Hall–Kier alpha value is -2.62. The fourth-order valence-electron chi connectivity index (χ4n) is 1.82. The van der Waals surface area contributed by atoms with Crippen LogP contribution in [0.3, 0.4) is 0 Å². The number of benzene rings is 1. The molecule has 1 amide bonds. The van der Waals surface area contributed by atoms with Crippen molar-refractivity contribution < 1.29 is 14.5 Å². The molecule has 0 aliphatic heterocycles. The largest absolute Gasteiger partial charge is 0.477 e. The van der Waals surface area contributed by atoms with Crippen LogP contribution in [0.2, 0.25) is 0 Å². The van der Waals surface area contributed by atoms with Crippen LogP contribution >= 0.6 is 0 Å². The van der Waals surface area contributed by atoms with Crippen LogP contribution in [0.4, 0.5) is 5.69 Å². The van der Waals surface area contributed by atoms with E-state index >= 15 is 0 Å². The Morgan fingerprint density at radius 2 is 2.17 bits per heavy atom. The fraction of sp³-hybridized carbons (Fsp3) is 0.500. The van der Waals surface area contributed by atoms with Crippen molar-refractivity contribution in [3.63, 3.8) is 0 Å². The van der Waals surface area contributed by atoms with Gasteiger partial charge in [-0.3, -0.25) is 14.9 Å². The molecule has 0 heterocycles. The summed E-state index contributed by atoms with van der Waals surface area (Å²) < 4.78 is 5.27. The van der Waals surface area contributed by atoms with Gasteiger partial charge in [0.25, 0.3) is 5.91 Å². The number of nitriles is 1. The quantitative estimate of drug-likeness (QED) is 0.614. The van der Waals surface area contributed by atoms with Gasteiger partial charge in [-0.15, -0.1) is 0 Å². The van der Waals surface area contributed by atoms with Crippen molar-refractivity contribution in [2.45, 2.75) is 39.7 Å². The second-order valence-electron chi connectivity index (χ2n) is 5.72. The van der Waals surface area contributed by atoms with Crippen LogP contribution < -0.4 is 10.1 Å². The SMILES string of the molecule is CCc1ccc(OCC(=O)NC(C)(C#N)C(C)C)c([N+](=O)[O-])c1. The number of nitrogens with one attached hydrogen (secondary N) is 1. The number of amides is 1. The molecule has 1 N–H and O–H groups in total. The Balaban J connectivity index is 2.81. The number of carbonyl (C=O) groups excluding carboxylic acids is 1. The van der Waals surface area contributed by atoms with Crippen molar-refractivity contribution in [1.29, 1.82) is 5.26 Å². The van der Waals surface area contributed by atoms with Gasteiger partial charge in [0.1, 0.15) is 5.54 Å². The molecular weight excluding hydrogens is 298 g/mol. The molecular formula is C16H21N3O4. The zero-order valence-corrected chi connectivity index (χ0v) is 13.8. The number of carbonyl (C=O) groups is 1. The average Bonchev–Trinajstić information content (AvgIpc) is 2.52. The lowest BCUT2D eigenvalue weighted by atomic mass is 9.90. The van der Waals surface area contributed by atoms with Gasteiger partial charge in [0, 0.05) is 6.07 Å². The highest BCUT2D eigenvalue weighted by molar-refractivity contribution is 5.79. The van der Waals surface area contributed by atoms with Crippen LogP contribution in [0.1, 0.15) is 33.3 Å². The molecule has 0 aliphatic rings. The molecule has 0 bridgehead atoms. The molecule has 7 nitrogen and oxygen atoms in total. The molecule has 1 aromatic carbocycles. The first-order valence-electron chi connectivity index (χ1n) is 7.35. The molecule has 0 fully saturated rings. The molecule has 1 aromatic rings. The lowest BCUT2D eigenvalue weighted by molar-refractivity contribution is -0.385. The first-order valence-corrected chi connectivity index (χ1v) is 7.35. The van der Waals surface area contributed by atoms with Gasteiger partial charge in [-0.05, 0) is 30.9 Å². The van der Waals surface area contributed by atoms with Gasteiger partial charge >= 0.3 is 5.69 Å². The molecule has 7 heteroatoms. The lowest BCUT2D eigenvalue weighted by Crippen LogP contribution is -2.50. The third kappa shape index (κ3) is 4.68. The topological polar surface area (TPSA) is 105 Å². The Bertz CT molecular complexity index is 637. The molecule has 124 valence electrons. The molecule has 23 heavy (non-hydrogen) atoms. The highest BCUT2D eigenvalue weighted by Gasteiger charge is 2.30. The number of hydrogen-bond acceptors (Lipinski definition) is 5. The molecule has 0 aromatic heterocycles. The zero-order valence-electron chi connectivity index (χ0n) is 13.8. The number of aryl methyl sites for hydroxylation is 1. The fourth-order valence-corrected chi connectivity index (χ4v) is 1.82. The minimum absolute atomic E-state index is 0.0329. The predicted octanol–water partition coefficient (Wildman–Crippen LogP) is 2.59. The summed E-state index contributed by atoms with van der Waals surface area (Å²) in [6.45, 7) is 6.75. The molecule has 1 unspecified atom stereocenters. The van der Waals surface area contributed by atoms with Crippen molar-refractivity contribution in [1.82, 2.24) is 5.32 Å². The van der Waals surface area contributed by atoms with E-state index in [-0.39, 0.29) is 17.4 Å².